The number of unbranched alkanes of at least 4 members (excludes halogenated alkanes) is 37. The number of phosphoric acid groups is 2. The molecule has 0 heterocycles. The fourth-order valence-corrected chi connectivity index (χ4v) is 11.3. The zero-order valence-corrected chi connectivity index (χ0v) is 55.8. The lowest BCUT2D eigenvalue weighted by atomic mass is 10.0. The molecule has 0 aliphatic carbocycles. The average molecular weight is 1240 g/mol. The molecule has 2 unspecified atom stereocenters. The van der Waals surface area contributed by atoms with Gasteiger partial charge in [0.2, 0.25) is 0 Å². The quantitative estimate of drug-likeness (QED) is 0.0222. The molecule has 0 spiro atoms. The number of carbonyl (C=O) groups is 4. The highest BCUT2D eigenvalue weighted by Crippen LogP contribution is 2.45. The van der Waals surface area contributed by atoms with Crippen molar-refractivity contribution in [2.24, 2.45) is 5.92 Å². The van der Waals surface area contributed by atoms with E-state index in [0.29, 0.717) is 25.7 Å². The van der Waals surface area contributed by atoms with Crippen LogP contribution in [0.4, 0.5) is 0 Å². The van der Waals surface area contributed by atoms with E-state index in [1.165, 1.54) is 148 Å². The molecule has 0 rings (SSSR count). The molecule has 19 heteroatoms. The first-order chi connectivity index (χ1) is 40.5. The number of hydrogen-bond donors (Lipinski definition) is 3. The third-order valence-corrected chi connectivity index (χ3v) is 16.9. The van der Waals surface area contributed by atoms with Crippen molar-refractivity contribution in [3.8, 4) is 0 Å². The highest BCUT2D eigenvalue weighted by atomic mass is 31.2. The van der Waals surface area contributed by atoms with E-state index >= 15 is 0 Å². The lowest BCUT2D eigenvalue weighted by molar-refractivity contribution is -0.161. The minimum absolute atomic E-state index is 0.0990. The number of aliphatic hydroxyl groups is 1. The van der Waals surface area contributed by atoms with Crippen LogP contribution in [0, 0.1) is 5.92 Å². The van der Waals surface area contributed by atoms with Crippen LogP contribution in [0.1, 0.15) is 330 Å². The number of rotatable bonds is 65. The standard InChI is InChI=1S/C65H126O17P2/c1-6-9-12-15-16-17-18-19-20-21-22-23-24-25-30-33-36-41-46-51-65(70)82-61(55-76-63(68)49-44-40-35-32-29-27-26-28-31-34-39-42-47-58(4)5)57-80-84(73,74)78-53-59(66)52-77-83(71,72)79-56-60(81-64(69)50-45-38-14-11-8-3)54-75-62(67)48-43-37-13-10-7-2/h58-61,66H,6-57H2,1-5H3,(H,71,72)(H,73,74)/t59-,60+,61+/m0/s1. The first kappa shape index (κ1) is 82.1. The summed E-state index contributed by atoms with van der Waals surface area (Å²) in [7, 11) is -9.87. The van der Waals surface area contributed by atoms with Crippen LogP contribution in [-0.2, 0) is 65.4 Å². The number of esters is 4. The Morgan fingerprint density at radius 2 is 0.548 bits per heavy atom. The van der Waals surface area contributed by atoms with Crippen molar-refractivity contribution in [1.82, 2.24) is 0 Å². The van der Waals surface area contributed by atoms with Gasteiger partial charge in [-0.3, -0.25) is 37.3 Å². The van der Waals surface area contributed by atoms with Gasteiger partial charge in [0.05, 0.1) is 26.4 Å². The molecule has 0 aromatic carbocycles. The topological polar surface area (TPSA) is 237 Å². The maximum absolute atomic E-state index is 13.0. The molecule has 0 amide bonds. The van der Waals surface area contributed by atoms with E-state index in [2.05, 4.69) is 34.6 Å². The van der Waals surface area contributed by atoms with E-state index in [-0.39, 0.29) is 25.7 Å². The van der Waals surface area contributed by atoms with E-state index in [1.807, 2.05) is 0 Å². The van der Waals surface area contributed by atoms with Crippen LogP contribution >= 0.6 is 15.6 Å². The fourth-order valence-electron chi connectivity index (χ4n) is 9.76. The Labute approximate surface area is 511 Å². The monoisotopic (exact) mass is 1240 g/mol. The van der Waals surface area contributed by atoms with Crippen LogP contribution in [0.3, 0.4) is 0 Å². The molecule has 0 radical (unpaired) electrons. The van der Waals surface area contributed by atoms with E-state index in [4.69, 9.17) is 37.0 Å². The summed E-state index contributed by atoms with van der Waals surface area (Å²) in [6, 6.07) is 0. The summed E-state index contributed by atoms with van der Waals surface area (Å²) in [6.07, 6.45) is 44.0. The summed E-state index contributed by atoms with van der Waals surface area (Å²) in [4.78, 5) is 71.7. The zero-order valence-electron chi connectivity index (χ0n) is 54.0. The summed E-state index contributed by atoms with van der Waals surface area (Å²) in [6.45, 7) is 7.03. The van der Waals surface area contributed by atoms with Gasteiger partial charge in [-0.15, -0.1) is 0 Å². The summed E-state index contributed by atoms with van der Waals surface area (Å²) in [5, 5.41) is 10.5. The first-order valence-corrected chi connectivity index (χ1v) is 37.1. The Kier molecular flexibility index (Phi) is 57.4. The molecular weight excluding hydrogens is 1110 g/mol. The molecular formula is C65H126O17P2. The van der Waals surface area contributed by atoms with Crippen LogP contribution < -0.4 is 0 Å². The Morgan fingerprint density at radius 3 is 0.810 bits per heavy atom. The fraction of sp³-hybridized carbons (Fsp3) is 0.938. The molecule has 5 atom stereocenters. The Morgan fingerprint density at radius 1 is 0.321 bits per heavy atom. The molecule has 3 N–H and O–H groups in total. The Hall–Kier alpha value is -1.94. The van der Waals surface area contributed by atoms with E-state index in [1.54, 1.807) is 0 Å². The van der Waals surface area contributed by atoms with Crippen LogP contribution in [0.5, 0.6) is 0 Å². The number of carbonyl (C=O) groups excluding carboxylic acids is 4. The Balaban J connectivity index is 5.07. The van der Waals surface area contributed by atoms with Crippen molar-refractivity contribution in [2.45, 2.75) is 348 Å². The van der Waals surface area contributed by atoms with Crippen LogP contribution in [0.2, 0.25) is 0 Å². The molecule has 84 heavy (non-hydrogen) atoms. The van der Waals surface area contributed by atoms with Crippen molar-refractivity contribution in [3.63, 3.8) is 0 Å². The maximum atomic E-state index is 13.0. The van der Waals surface area contributed by atoms with E-state index < -0.39 is 97.5 Å². The van der Waals surface area contributed by atoms with Crippen molar-refractivity contribution in [1.29, 1.82) is 0 Å². The molecule has 0 fully saturated rings. The third-order valence-electron chi connectivity index (χ3n) is 15.0. The number of hydrogen-bond acceptors (Lipinski definition) is 15. The summed E-state index contributed by atoms with van der Waals surface area (Å²) in [5.74, 6) is -1.37. The number of aliphatic hydroxyl groups excluding tert-OH is 1. The minimum atomic E-state index is -4.94. The SMILES string of the molecule is CCCCCCCCCCCCCCCCCCCCCC(=O)O[C@H](COC(=O)CCCCCCCCCCCCCCC(C)C)COP(=O)(O)OC[C@@H](O)COP(=O)(O)OC[C@@H](COC(=O)CCCCCCC)OC(=O)CCCCCCC. The average Bonchev–Trinajstić information content (AvgIpc) is 3.49. The molecule has 0 aliphatic heterocycles. The molecule has 0 aromatic rings. The van der Waals surface area contributed by atoms with Gasteiger partial charge in [0, 0.05) is 25.7 Å². The lowest BCUT2D eigenvalue weighted by Gasteiger charge is -2.21. The van der Waals surface area contributed by atoms with Gasteiger partial charge in [0.25, 0.3) is 0 Å². The minimum Gasteiger partial charge on any atom is -0.462 e. The maximum Gasteiger partial charge on any atom is 0.472 e. The number of ether oxygens (including phenoxy) is 4. The lowest BCUT2D eigenvalue weighted by Crippen LogP contribution is -2.30. The second-order valence-electron chi connectivity index (χ2n) is 24.0. The molecule has 498 valence electrons. The third kappa shape index (κ3) is 59.0. The predicted octanol–water partition coefficient (Wildman–Crippen LogP) is 18.2. The van der Waals surface area contributed by atoms with Crippen LogP contribution in [0.15, 0.2) is 0 Å². The highest BCUT2D eigenvalue weighted by molar-refractivity contribution is 7.47. The molecule has 0 saturated heterocycles. The van der Waals surface area contributed by atoms with Gasteiger partial charge >= 0.3 is 39.5 Å². The van der Waals surface area contributed by atoms with Crippen molar-refractivity contribution < 1.29 is 80.2 Å². The summed E-state index contributed by atoms with van der Waals surface area (Å²) in [5.41, 5.74) is 0. The van der Waals surface area contributed by atoms with Gasteiger partial charge in [-0.2, -0.15) is 0 Å². The largest absolute Gasteiger partial charge is 0.472 e. The number of phosphoric ester groups is 2. The van der Waals surface area contributed by atoms with Gasteiger partial charge in [-0.05, 0) is 31.6 Å². The molecule has 17 nitrogen and oxygen atoms in total. The summed E-state index contributed by atoms with van der Waals surface area (Å²) >= 11 is 0. The first-order valence-electron chi connectivity index (χ1n) is 34.1. The molecule has 0 bridgehead atoms. The van der Waals surface area contributed by atoms with E-state index in [9.17, 15) is 43.2 Å². The molecule has 0 aliphatic rings. The summed E-state index contributed by atoms with van der Waals surface area (Å²) < 4.78 is 67.6. The second kappa shape index (κ2) is 58.7. The molecule has 0 aromatic heterocycles. The van der Waals surface area contributed by atoms with Crippen molar-refractivity contribution in [3.05, 3.63) is 0 Å². The normalized spacial score (nSPS) is 14.2. The second-order valence-corrected chi connectivity index (χ2v) is 26.9. The smallest absolute Gasteiger partial charge is 0.462 e. The van der Waals surface area contributed by atoms with Gasteiger partial charge < -0.3 is 33.8 Å². The van der Waals surface area contributed by atoms with Gasteiger partial charge in [0.1, 0.15) is 19.3 Å². The highest BCUT2D eigenvalue weighted by Gasteiger charge is 2.30. The van der Waals surface area contributed by atoms with Gasteiger partial charge in [-0.25, -0.2) is 9.13 Å². The van der Waals surface area contributed by atoms with Crippen molar-refractivity contribution in [2.75, 3.05) is 39.6 Å². The van der Waals surface area contributed by atoms with Gasteiger partial charge in [0.15, 0.2) is 12.2 Å². The van der Waals surface area contributed by atoms with E-state index in [0.717, 1.165) is 102 Å². The van der Waals surface area contributed by atoms with Crippen molar-refractivity contribution >= 4 is 39.5 Å². The Bertz CT molecular complexity index is 1640. The van der Waals surface area contributed by atoms with Gasteiger partial charge in [-0.1, -0.05) is 279 Å². The van der Waals surface area contributed by atoms with Crippen LogP contribution in [-0.4, -0.2) is 96.7 Å². The van der Waals surface area contributed by atoms with Crippen LogP contribution in [0.25, 0.3) is 0 Å². The predicted molar refractivity (Wildman–Crippen MR) is 335 cm³/mol. The zero-order chi connectivity index (χ0) is 62.0. The molecule has 0 saturated carbocycles.